The highest BCUT2D eigenvalue weighted by Crippen LogP contribution is 2.78. The van der Waals surface area contributed by atoms with Gasteiger partial charge in [0.15, 0.2) is 0 Å². The number of nitrogens with zero attached hydrogens (tertiary/aromatic N) is 2. The van der Waals surface area contributed by atoms with Crippen molar-refractivity contribution in [2.75, 3.05) is 9.80 Å². The summed E-state index contributed by atoms with van der Waals surface area (Å²) in [6, 6.07) is 39.7. The van der Waals surface area contributed by atoms with Gasteiger partial charge < -0.3 is 9.80 Å². The quantitative estimate of drug-likeness (QED) is 0.165. The number of rotatable bonds is 3. The van der Waals surface area contributed by atoms with E-state index in [0.29, 0.717) is 5.41 Å². The normalized spacial score (nSPS) is 26.1. The molecule has 5 fully saturated rings. The van der Waals surface area contributed by atoms with Crippen LogP contribution in [0, 0.1) is 23.2 Å². The molecule has 5 aliphatic carbocycles. The molecule has 12 rings (SSSR count). The van der Waals surface area contributed by atoms with Crippen molar-refractivity contribution < 1.29 is 0 Å². The van der Waals surface area contributed by atoms with Crippen LogP contribution in [0.15, 0.2) is 97.1 Å². The molecule has 3 heteroatoms. The minimum absolute atomic E-state index is 0.0192. The highest BCUT2D eigenvalue weighted by Gasteiger charge is 2.70. The van der Waals surface area contributed by atoms with Gasteiger partial charge >= 0.3 is 0 Å². The molecule has 5 atom stereocenters. The first-order valence-electron chi connectivity index (χ1n) is 23.4. The van der Waals surface area contributed by atoms with E-state index >= 15 is 0 Å². The third-order valence-electron chi connectivity index (χ3n) is 16.7. The monoisotopic (exact) mass is 791 g/mol. The lowest BCUT2D eigenvalue weighted by Gasteiger charge is -2.64. The Morgan fingerprint density at radius 2 is 0.933 bits per heavy atom. The fourth-order valence-electron chi connectivity index (χ4n) is 13.8. The molecule has 0 N–H and O–H groups in total. The SMILES string of the molecule is CC(C)(C)c1ccc(N2c3ccc(C(C)(C)C)cc3B3c4cc(C(C)(C)C)ccc4N(c4ccc(C(C)(C)C)cc4)c4cc(C56CC7CC8C(C5)CC8(C7)C6)cc2c43)cc1. The van der Waals surface area contributed by atoms with Crippen molar-refractivity contribution in [3.05, 3.63) is 125 Å². The molecule has 2 nitrogen and oxygen atoms in total. The summed E-state index contributed by atoms with van der Waals surface area (Å²) in [4.78, 5) is 5.37. The van der Waals surface area contributed by atoms with Crippen LogP contribution in [0.4, 0.5) is 34.1 Å². The van der Waals surface area contributed by atoms with Gasteiger partial charge in [0.1, 0.15) is 0 Å². The van der Waals surface area contributed by atoms with E-state index < -0.39 is 0 Å². The molecule has 1 spiro atoms. The third-order valence-corrected chi connectivity index (χ3v) is 16.7. The Kier molecular flexibility index (Phi) is 7.88. The molecule has 2 heterocycles. The van der Waals surface area contributed by atoms with Gasteiger partial charge in [-0.05, 0) is 182 Å². The fraction of sp³-hybridized carbons (Fsp3) is 0.474. The van der Waals surface area contributed by atoms with E-state index in [-0.39, 0.29) is 33.8 Å². The first kappa shape index (κ1) is 38.7. The van der Waals surface area contributed by atoms with Crippen LogP contribution in [0.25, 0.3) is 0 Å². The predicted octanol–water partition coefficient (Wildman–Crippen LogP) is 13.4. The molecule has 7 aliphatic rings. The molecule has 5 saturated carbocycles. The summed E-state index contributed by atoms with van der Waals surface area (Å²) in [6.45, 7) is 28.3. The molecule has 0 radical (unpaired) electrons. The number of hydrogen-bond acceptors (Lipinski definition) is 2. The van der Waals surface area contributed by atoms with Crippen molar-refractivity contribution in [1.29, 1.82) is 0 Å². The van der Waals surface area contributed by atoms with Crippen LogP contribution >= 0.6 is 0 Å². The van der Waals surface area contributed by atoms with E-state index in [1.807, 2.05) is 0 Å². The van der Waals surface area contributed by atoms with Crippen LogP contribution in [0.2, 0.25) is 0 Å². The zero-order valence-electron chi connectivity index (χ0n) is 38.7. The molecule has 0 saturated heterocycles. The Bertz CT molecular complexity index is 2420. The summed E-state index contributed by atoms with van der Waals surface area (Å²) < 4.78 is 0. The van der Waals surface area contributed by atoms with Gasteiger partial charge in [0.25, 0.3) is 6.71 Å². The van der Waals surface area contributed by atoms with Crippen LogP contribution in [0.3, 0.4) is 0 Å². The summed E-state index contributed by atoms with van der Waals surface area (Å²) >= 11 is 0. The Labute approximate surface area is 362 Å². The topological polar surface area (TPSA) is 6.48 Å². The van der Waals surface area contributed by atoms with Gasteiger partial charge in [0.05, 0.1) is 0 Å². The Balaban J connectivity index is 1.23. The summed E-state index contributed by atoms with van der Waals surface area (Å²) in [5, 5.41) is 0. The fourth-order valence-corrected chi connectivity index (χ4v) is 13.8. The largest absolute Gasteiger partial charge is 0.311 e. The maximum Gasteiger partial charge on any atom is 0.252 e. The van der Waals surface area contributed by atoms with Crippen LogP contribution < -0.4 is 26.2 Å². The molecule has 5 unspecified atom stereocenters. The van der Waals surface area contributed by atoms with Gasteiger partial charge in [-0.1, -0.05) is 132 Å². The summed E-state index contributed by atoms with van der Waals surface area (Å²) in [6.07, 6.45) is 8.58. The molecule has 308 valence electrons. The average Bonchev–Trinajstić information content (AvgIpc) is 3.32. The maximum absolute atomic E-state index is 2.74. The number of hydrogen-bond donors (Lipinski definition) is 0. The Morgan fingerprint density at radius 3 is 1.38 bits per heavy atom. The zero-order chi connectivity index (χ0) is 42.1. The summed E-state index contributed by atoms with van der Waals surface area (Å²) in [5.41, 5.74) is 20.4. The van der Waals surface area contributed by atoms with Crippen molar-refractivity contribution in [2.24, 2.45) is 23.2 Å². The van der Waals surface area contributed by atoms with E-state index in [1.165, 1.54) is 111 Å². The molecule has 4 bridgehead atoms. The zero-order valence-corrected chi connectivity index (χ0v) is 38.7. The minimum atomic E-state index is 0.0192. The molecule has 0 aromatic heterocycles. The van der Waals surface area contributed by atoms with Crippen molar-refractivity contribution in [3.8, 4) is 0 Å². The standard InChI is InChI=1S/C57H67BN2/c1-52(2,3)37-13-19-42(20-14-37)59-47-23-17-39(54(7,8)9)26-45(47)58-46-27-40(55(10,11)12)18-24-48(46)60(43-21-15-38(16-22-43)53(4,5)6)50-29-41(28-49(59)51(50)58)56-30-35-25-44-36(32-56)33-57(44,31-35)34-56/h13-24,26-29,35-36,44H,25,30-34H2,1-12H3. The molecular weight excluding hydrogens is 723 g/mol. The van der Waals surface area contributed by atoms with Gasteiger partial charge in [-0.2, -0.15) is 0 Å². The Morgan fingerprint density at radius 1 is 0.483 bits per heavy atom. The molecular formula is C57H67BN2. The van der Waals surface area contributed by atoms with Crippen molar-refractivity contribution in [2.45, 2.75) is 149 Å². The summed E-state index contributed by atoms with van der Waals surface area (Å²) in [5.74, 6) is 2.77. The molecule has 0 amide bonds. The van der Waals surface area contributed by atoms with Crippen LogP contribution in [-0.2, 0) is 27.1 Å². The third kappa shape index (κ3) is 5.58. The molecule has 60 heavy (non-hydrogen) atoms. The molecule has 5 aromatic rings. The number of anilines is 6. The Hall–Kier alpha value is -4.24. The average molecular weight is 791 g/mol. The smallest absolute Gasteiger partial charge is 0.252 e. The summed E-state index contributed by atoms with van der Waals surface area (Å²) in [7, 11) is 0. The second-order valence-electron chi connectivity index (χ2n) is 24.8. The molecule has 2 aliphatic heterocycles. The van der Waals surface area contributed by atoms with E-state index in [1.54, 1.807) is 5.56 Å². The van der Waals surface area contributed by atoms with Crippen LogP contribution in [-0.4, -0.2) is 6.71 Å². The lowest BCUT2D eigenvalue weighted by atomic mass is 9.33. The van der Waals surface area contributed by atoms with Crippen LogP contribution in [0.5, 0.6) is 0 Å². The minimum Gasteiger partial charge on any atom is -0.311 e. The van der Waals surface area contributed by atoms with E-state index in [2.05, 4.69) is 190 Å². The second kappa shape index (κ2) is 12.2. The number of fused-ring (bicyclic) bond motifs is 5. The first-order chi connectivity index (χ1) is 28.1. The molecule has 5 aromatic carbocycles. The lowest BCUT2D eigenvalue weighted by Crippen LogP contribution is -2.62. The number of benzene rings is 5. The van der Waals surface area contributed by atoms with E-state index in [0.717, 1.165) is 17.8 Å². The van der Waals surface area contributed by atoms with Gasteiger partial charge in [0, 0.05) is 34.1 Å². The van der Waals surface area contributed by atoms with Crippen molar-refractivity contribution in [3.63, 3.8) is 0 Å². The van der Waals surface area contributed by atoms with Gasteiger partial charge in [-0.15, -0.1) is 0 Å². The maximum atomic E-state index is 2.74. The van der Waals surface area contributed by atoms with Crippen molar-refractivity contribution >= 4 is 57.2 Å². The lowest BCUT2D eigenvalue weighted by molar-refractivity contribution is -0.116. The van der Waals surface area contributed by atoms with Crippen LogP contribution in [0.1, 0.15) is 149 Å². The van der Waals surface area contributed by atoms with E-state index in [9.17, 15) is 0 Å². The van der Waals surface area contributed by atoms with Gasteiger partial charge in [0.2, 0.25) is 0 Å². The second-order valence-corrected chi connectivity index (χ2v) is 24.8. The first-order valence-corrected chi connectivity index (χ1v) is 23.4. The predicted molar refractivity (Wildman–Crippen MR) is 258 cm³/mol. The van der Waals surface area contributed by atoms with Crippen molar-refractivity contribution in [1.82, 2.24) is 0 Å². The highest BCUT2D eigenvalue weighted by molar-refractivity contribution is 7.00. The van der Waals surface area contributed by atoms with Gasteiger partial charge in [-0.3, -0.25) is 0 Å². The highest BCUT2D eigenvalue weighted by atomic mass is 15.2. The van der Waals surface area contributed by atoms with Gasteiger partial charge in [-0.25, -0.2) is 0 Å². The van der Waals surface area contributed by atoms with E-state index in [4.69, 9.17) is 0 Å².